The van der Waals surface area contributed by atoms with Gasteiger partial charge in [-0.15, -0.1) is 0 Å². The molecular weight excluding hydrogens is 342 g/mol. The molecule has 2 rings (SSSR count). The number of hydrogen-bond acceptors (Lipinski definition) is 4. The summed E-state index contributed by atoms with van der Waals surface area (Å²) in [6.07, 6.45) is 2.20. The van der Waals surface area contributed by atoms with Gasteiger partial charge in [0.25, 0.3) is 0 Å². The van der Waals surface area contributed by atoms with Crippen LogP contribution in [0.1, 0.15) is 29.5 Å². The smallest absolute Gasteiger partial charge is 0.243 e. The Kier molecular flexibility index (Phi) is 5.84. The summed E-state index contributed by atoms with van der Waals surface area (Å²) >= 11 is 0. The van der Waals surface area contributed by atoms with Crippen molar-refractivity contribution in [2.75, 3.05) is 24.7 Å². The topological polar surface area (TPSA) is 95.6 Å². The fourth-order valence-electron chi connectivity index (χ4n) is 3.25. The molecule has 1 saturated heterocycles. The maximum absolute atomic E-state index is 12.2. The van der Waals surface area contributed by atoms with E-state index >= 15 is 0 Å². The van der Waals surface area contributed by atoms with E-state index in [0.717, 1.165) is 28.6 Å². The van der Waals surface area contributed by atoms with E-state index in [0.29, 0.717) is 19.4 Å². The number of amides is 2. The van der Waals surface area contributed by atoms with Crippen LogP contribution < -0.4 is 10.6 Å². The fourth-order valence-corrected chi connectivity index (χ4v) is 4.37. The molecule has 0 spiro atoms. The van der Waals surface area contributed by atoms with Crippen molar-refractivity contribution in [2.45, 2.75) is 39.7 Å². The highest BCUT2D eigenvalue weighted by Gasteiger charge is 2.36. The first-order valence-electron chi connectivity index (χ1n) is 8.22. The third kappa shape index (κ3) is 4.79. The number of carbonyl (C=O) groups is 2. The van der Waals surface area contributed by atoms with Crippen molar-refractivity contribution >= 4 is 27.5 Å². The summed E-state index contributed by atoms with van der Waals surface area (Å²) < 4.78 is 24.6. The third-order valence-corrected chi connectivity index (χ3v) is 5.59. The molecule has 1 aliphatic rings. The molecule has 2 N–H and O–H groups in total. The molecule has 0 aromatic heterocycles. The minimum atomic E-state index is -3.43. The van der Waals surface area contributed by atoms with Crippen LogP contribution in [-0.4, -0.2) is 49.9 Å². The van der Waals surface area contributed by atoms with Gasteiger partial charge < -0.3 is 10.6 Å². The van der Waals surface area contributed by atoms with Crippen molar-refractivity contribution in [1.82, 2.24) is 9.62 Å². The molecule has 0 aliphatic carbocycles. The van der Waals surface area contributed by atoms with Crippen molar-refractivity contribution in [3.8, 4) is 0 Å². The van der Waals surface area contributed by atoms with Crippen LogP contribution in [0.3, 0.4) is 0 Å². The first-order chi connectivity index (χ1) is 11.6. The van der Waals surface area contributed by atoms with Crippen LogP contribution in [0.4, 0.5) is 5.69 Å². The van der Waals surface area contributed by atoms with Crippen molar-refractivity contribution in [3.63, 3.8) is 0 Å². The molecule has 138 valence electrons. The first-order valence-corrected chi connectivity index (χ1v) is 10.1. The van der Waals surface area contributed by atoms with Crippen molar-refractivity contribution < 1.29 is 18.0 Å². The molecule has 1 aromatic rings. The second-order valence-corrected chi connectivity index (χ2v) is 8.51. The number of nitrogens with zero attached hydrogens (tertiary/aromatic N) is 1. The number of sulfonamides is 1. The maximum atomic E-state index is 12.2. The SMILES string of the molecule is Cc1cc(C)c(NC(=O)CNC(=O)[C@H]2CCCN2S(C)(=O)=O)c(C)c1. The van der Waals surface area contributed by atoms with Crippen LogP contribution in [0, 0.1) is 20.8 Å². The summed E-state index contributed by atoms with van der Waals surface area (Å²) in [5, 5.41) is 5.35. The number of benzene rings is 1. The summed E-state index contributed by atoms with van der Waals surface area (Å²) in [5.41, 5.74) is 3.76. The molecule has 2 amide bonds. The maximum Gasteiger partial charge on any atom is 0.243 e. The molecule has 0 saturated carbocycles. The van der Waals surface area contributed by atoms with E-state index in [-0.39, 0.29) is 12.5 Å². The monoisotopic (exact) mass is 367 g/mol. The Morgan fingerprint density at radius 2 is 1.80 bits per heavy atom. The number of anilines is 1. The van der Waals surface area contributed by atoms with Gasteiger partial charge in [-0.05, 0) is 44.7 Å². The first kappa shape index (κ1) is 19.4. The summed E-state index contributed by atoms with van der Waals surface area (Å²) in [5.74, 6) is -0.775. The van der Waals surface area contributed by atoms with E-state index in [1.165, 1.54) is 4.31 Å². The van der Waals surface area contributed by atoms with Crippen LogP contribution in [0.25, 0.3) is 0 Å². The lowest BCUT2D eigenvalue weighted by Gasteiger charge is -2.21. The summed E-state index contributed by atoms with van der Waals surface area (Å²) in [6, 6.07) is 3.22. The Morgan fingerprint density at radius 1 is 1.20 bits per heavy atom. The Balaban J connectivity index is 1.95. The van der Waals surface area contributed by atoms with Gasteiger partial charge >= 0.3 is 0 Å². The van der Waals surface area contributed by atoms with Gasteiger partial charge in [-0.1, -0.05) is 17.7 Å². The average Bonchev–Trinajstić information content (AvgIpc) is 2.98. The Morgan fingerprint density at radius 3 is 2.36 bits per heavy atom. The number of hydrogen-bond donors (Lipinski definition) is 2. The molecule has 8 heteroatoms. The van der Waals surface area contributed by atoms with Gasteiger partial charge in [0.15, 0.2) is 0 Å². The highest BCUT2D eigenvalue weighted by molar-refractivity contribution is 7.88. The predicted molar refractivity (Wildman–Crippen MR) is 96.9 cm³/mol. The van der Waals surface area contributed by atoms with Gasteiger partial charge in [-0.3, -0.25) is 9.59 Å². The lowest BCUT2D eigenvalue weighted by atomic mass is 10.1. The summed E-state index contributed by atoms with van der Waals surface area (Å²) in [7, 11) is -3.43. The molecule has 1 aromatic carbocycles. The van der Waals surface area contributed by atoms with E-state index in [2.05, 4.69) is 10.6 Å². The molecule has 0 radical (unpaired) electrons. The van der Waals surface area contributed by atoms with E-state index in [1.54, 1.807) is 0 Å². The van der Waals surface area contributed by atoms with Gasteiger partial charge in [0.05, 0.1) is 12.8 Å². The standard InChI is InChI=1S/C17H25N3O4S/c1-11-8-12(2)16(13(3)9-11)19-15(21)10-18-17(22)14-6-5-7-20(14)25(4,23)24/h8-9,14H,5-7,10H2,1-4H3,(H,18,22)(H,19,21)/t14-/m1/s1. The lowest BCUT2D eigenvalue weighted by molar-refractivity contribution is -0.126. The minimum Gasteiger partial charge on any atom is -0.346 e. The molecule has 1 fully saturated rings. The highest BCUT2D eigenvalue weighted by atomic mass is 32.2. The van der Waals surface area contributed by atoms with E-state index in [9.17, 15) is 18.0 Å². The van der Waals surface area contributed by atoms with Gasteiger partial charge in [0.2, 0.25) is 21.8 Å². The molecule has 7 nitrogen and oxygen atoms in total. The lowest BCUT2D eigenvalue weighted by Crippen LogP contribution is -2.47. The minimum absolute atomic E-state index is 0.195. The summed E-state index contributed by atoms with van der Waals surface area (Å²) in [6.45, 7) is 5.96. The van der Waals surface area contributed by atoms with Crippen LogP contribution >= 0.6 is 0 Å². The number of aryl methyl sites for hydroxylation is 3. The Labute approximate surface area is 148 Å². The van der Waals surface area contributed by atoms with Crippen LogP contribution in [0.15, 0.2) is 12.1 Å². The number of rotatable bonds is 5. The second kappa shape index (κ2) is 7.53. The quantitative estimate of drug-likeness (QED) is 0.814. The van der Waals surface area contributed by atoms with Crippen LogP contribution in [0.2, 0.25) is 0 Å². The normalized spacial score (nSPS) is 18.2. The van der Waals surface area contributed by atoms with Crippen molar-refractivity contribution in [1.29, 1.82) is 0 Å². The van der Waals surface area contributed by atoms with E-state index in [4.69, 9.17) is 0 Å². The largest absolute Gasteiger partial charge is 0.346 e. The van der Waals surface area contributed by atoms with Gasteiger partial charge in [0.1, 0.15) is 6.04 Å². The molecular formula is C17H25N3O4S. The van der Waals surface area contributed by atoms with Gasteiger partial charge in [-0.2, -0.15) is 4.31 Å². The molecule has 25 heavy (non-hydrogen) atoms. The van der Waals surface area contributed by atoms with Crippen LogP contribution in [-0.2, 0) is 19.6 Å². The number of nitrogens with one attached hydrogen (secondary N) is 2. The van der Waals surface area contributed by atoms with E-state index < -0.39 is 22.0 Å². The Bertz CT molecular complexity index is 766. The van der Waals surface area contributed by atoms with Gasteiger partial charge in [-0.25, -0.2) is 8.42 Å². The highest BCUT2D eigenvalue weighted by Crippen LogP contribution is 2.22. The average molecular weight is 367 g/mol. The molecule has 0 unspecified atom stereocenters. The fraction of sp³-hybridized carbons (Fsp3) is 0.529. The molecule has 1 aliphatic heterocycles. The number of carbonyl (C=O) groups excluding carboxylic acids is 2. The second-order valence-electron chi connectivity index (χ2n) is 6.57. The molecule has 0 bridgehead atoms. The summed E-state index contributed by atoms with van der Waals surface area (Å²) in [4.78, 5) is 24.4. The Hall–Kier alpha value is -1.93. The van der Waals surface area contributed by atoms with Crippen molar-refractivity contribution in [3.05, 3.63) is 28.8 Å². The zero-order valence-corrected chi connectivity index (χ0v) is 15.9. The third-order valence-electron chi connectivity index (χ3n) is 4.30. The van der Waals surface area contributed by atoms with Gasteiger partial charge in [0, 0.05) is 12.2 Å². The zero-order chi connectivity index (χ0) is 18.8. The molecule has 1 atom stereocenters. The zero-order valence-electron chi connectivity index (χ0n) is 15.0. The molecule has 1 heterocycles. The van der Waals surface area contributed by atoms with Crippen molar-refractivity contribution in [2.24, 2.45) is 0 Å². The predicted octanol–water partition coefficient (Wildman–Crippen LogP) is 1.09. The van der Waals surface area contributed by atoms with Crippen LogP contribution in [0.5, 0.6) is 0 Å². The van der Waals surface area contributed by atoms with E-state index in [1.807, 2.05) is 32.9 Å².